The Bertz CT molecular complexity index is 1190. The number of carbonyl (C=O) groups excluding carboxylic acids is 1. The molecule has 3 aromatic carbocycles. The van der Waals surface area contributed by atoms with E-state index in [2.05, 4.69) is 10.2 Å². The summed E-state index contributed by atoms with van der Waals surface area (Å²) in [6, 6.07) is 19.3. The van der Waals surface area contributed by atoms with Gasteiger partial charge in [0.1, 0.15) is 24.2 Å². The first-order chi connectivity index (χ1) is 16.3. The third-order valence-corrected chi connectivity index (χ3v) is 5.51. The highest BCUT2D eigenvalue weighted by molar-refractivity contribution is 6.04. The Morgan fingerprint density at radius 3 is 2.62 bits per heavy atom. The molecule has 3 N–H and O–H groups in total. The van der Waals surface area contributed by atoms with Crippen LogP contribution in [-0.2, 0) is 4.79 Å². The van der Waals surface area contributed by atoms with E-state index in [0.717, 1.165) is 17.0 Å². The van der Waals surface area contributed by atoms with Crippen LogP contribution in [0.5, 0.6) is 11.5 Å². The lowest BCUT2D eigenvalue weighted by Gasteiger charge is -2.33. The van der Waals surface area contributed by atoms with E-state index in [0.29, 0.717) is 30.2 Å². The van der Waals surface area contributed by atoms with Crippen LogP contribution in [0.3, 0.4) is 0 Å². The molecule has 0 bridgehead atoms. The number of benzene rings is 3. The first-order valence-corrected chi connectivity index (χ1v) is 10.8. The minimum atomic E-state index is -1.66. The molecule has 8 heteroatoms. The zero-order valence-corrected chi connectivity index (χ0v) is 18.9. The van der Waals surface area contributed by atoms with Gasteiger partial charge in [-0.25, -0.2) is 4.79 Å². The van der Waals surface area contributed by atoms with E-state index in [-0.39, 0.29) is 17.6 Å². The van der Waals surface area contributed by atoms with Crippen molar-refractivity contribution in [2.75, 3.05) is 30.4 Å². The first-order valence-electron chi connectivity index (χ1n) is 10.8. The zero-order chi connectivity index (χ0) is 24.2. The molecule has 1 aliphatic heterocycles. The number of aryl methyl sites for hydroxylation is 1. The van der Waals surface area contributed by atoms with Gasteiger partial charge < -0.3 is 29.9 Å². The molecule has 0 saturated heterocycles. The second-order valence-corrected chi connectivity index (χ2v) is 8.25. The second-order valence-electron chi connectivity index (χ2n) is 8.25. The normalized spacial score (nSPS) is 15.6. The van der Waals surface area contributed by atoms with E-state index in [1.54, 1.807) is 43.3 Å². The number of anilines is 2. The van der Waals surface area contributed by atoms with Crippen LogP contribution in [0.1, 0.15) is 27.6 Å². The first kappa shape index (κ1) is 23.1. The molecule has 0 aromatic heterocycles. The number of para-hydroxylation sites is 2. The monoisotopic (exact) mass is 462 g/mol. The van der Waals surface area contributed by atoms with Crippen molar-refractivity contribution in [2.45, 2.75) is 19.1 Å². The maximum atomic E-state index is 12.7. The summed E-state index contributed by atoms with van der Waals surface area (Å²) in [7, 11) is 2.02. The van der Waals surface area contributed by atoms with Crippen LogP contribution < -0.4 is 19.7 Å². The van der Waals surface area contributed by atoms with Crippen LogP contribution in [0.25, 0.3) is 0 Å². The summed E-state index contributed by atoms with van der Waals surface area (Å²) in [6.45, 7) is 2.82. The molecule has 1 unspecified atom stereocenters. The highest BCUT2D eigenvalue weighted by atomic mass is 16.5. The Morgan fingerprint density at radius 2 is 1.88 bits per heavy atom. The Balaban J connectivity index is 1.36. The Morgan fingerprint density at radius 1 is 1.15 bits per heavy atom. The van der Waals surface area contributed by atoms with E-state index in [9.17, 15) is 14.7 Å². The number of nitrogens with one attached hydrogen (secondary N) is 1. The van der Waals surface area contributed by atoms with Crippen molar-refractivity contribution in [3.8, 4) is 11.5 Å². The highest BCUT2D eigenvalue weighted by Gasteiger charge is 2.23. The van der Waals surface area contributed by atoms with Gasteiger partial charge in [0.2, 0.25) is 0 Å². The van der Waals surface area contributed by atoms with Gasteiger partial charge in [-0.1, -0.05) is 18.2 Å². The fraction of sp³-hybridized carbons (Fsp3) is 0.231. The van der Waals surface area contributed by atoms with Crippen molar-refractivity contribution in [1.82, 2.24) is 0 Å². The molecule has 176 valence electrons. The van der Waals surface area contributed by atoms with Crippen molar-refractivity contribution in [3.63, 3.8) is 0 Å². The number of nitrogens with zero attached hydrogens (tertiary/aromatic N) is 1. The van der Waals surface area contributed by atoms with Crippen LogP contribution in [0.15, 0.2) is 66.7 Å². The maximum absolute atomic E-state index is 12.7. The highest BCUT2D eigenvalue weighted by Crippen LogP contribution is 2.32. The van der Waals surface area contributed by atoms with Crippen molar-refractivity contribution >= 4 is 23.3 Å². The molecule has 0 fully saturated rings. The lowest BCUT2D eigenvalue weighted by molar-refractivity contribution is -0.146. The number of hydrogen-bond donors (Lipinski definition) is 3. The number of fused-ring (bicyclic) bond motifs is 1. The van der Waals surface area contributed by atoms with Crippen molar-refractivity contribution in [3.05, 3.63) is 83.4 Å². The molecule has 3 aromatic rings. The molecule has 34 heavy (non-hydrogen) atoms. The predicted molar refractivity (Wildman–Crippen MR) is 128 cm³/mol. The number of aliphatic hydroxyl groups is 1. The van der Waals surface area contributed by atoms with E-state index < -0.39 is 12.1 Å². The molecule has 1 amide bonds. The largest absolute Gasteiger partial charge is 0.490 e. The minimum absolute atomic E-state index is 0.125. The number of carboxylic acids is 1. The van der Waals surface area contributed by atoms with Gasteiger partial charge in [0, 0.05) is 18.3 Å². The van der Waals surface area contributed by atoms with Gasteiger partial charge >= 0.3 is 5.97 Å². The van der Waals surface area contributed by atoms with E-state index in [4.69, 9.17) is 14.6 Å². The smallest absolute Gasteiger partial charge is 0.337 e. The van der Waals surface area contributed by atoms with Gasteiger partial charge in [-0.3, -0.25) is 4.79 Å². The lowest BCUT2D eigenvalue weighted by atomic mass is 10.1. The van der Waals surface area contributed by atoms with Gasteiger partial charge in [-0.15, -0.1) is 0 Å². The van der Waals surface area contributed by atoms with Crippen molar-refractivity contribution < 1.29 is 29.3 Å². The molecule has 4 rings (SSSR count). The average molecular weight is 463 g/mol. The van der Waals surface area contributed by atoms with Crippen molar-refractivity contribution in [2.24, 2.45) is 0 Å². The van der Waals surface area contributed by atoms with Gasteiger partial charge in [0.05, 0.1) is 12.2 Å². The number of aliphatic carboxylic acids is 1. The number of aliphatic hydroxyl groups excluding tert-OH is 1. The molecule has 0 saturated carbocycles. The number of carboxylic acid groups (broad SMARTS) is 1. The van der Waals surface area contributed by atoms with Crippen LogP contribution in [0.4, 0.5) is 11.4 Å². The molecule has 1 aliphatic rings. The Hall–Kier alpha value is -4.04. The fourth-order valence-corrected chi connectivity index (χ4v) is 3.86. The Kier molecular flexibility index (Phi) is 6.70. The summed E-state index contributed by atoms with van der Waals surface area (Å²) in [5.41, 5.74) is 2.78. The second kappa shape index (κ2) is 9.84. The summed E-state index contributed by atoms with van der Waals surface area (Å²) >= 11 is 0. The molecule has 8 nitrogen and oxygen atoms in total. The molecule has 2 atom stereocenters. The van der Waals surface area contributed by atoms with Gasteiger partial charge in [-0.2, -0.15) is 0 Å². The number of ether oxygens (including phenoxy) is 2. The number of carbonyl (C=O) groups is 2. The number of likely N-dealkylation sites (N-methyl/N-ethyl adjacent to an activating group) is 1. The zero-order valence-electron chi connectivity index (χ0n) is 18.9. The summed E-state index contributed by atoms with van der Waals surface area (Å²) in [6.07, 6.45) is -1.78. The number of rotatable bonds is 7. The molecular formula is C26H26N2O6. The van der Waals surface area contributed by atoms with E-state index >= 15 is 0 Å². The van der Waals surface area contributed by atoms with Crippen LogP contribution >= 0.6 is 0 Å². The third kappa shape index (κ3) is 5.29. The third-order valence-electron chi connectivity index (χ3n) is 5.51. The van der Waals surface area contributed by atoms with Gasteiger partial charge in [-0.05, 0) is 66.6 Å². The Labute approximate surface area is 197 Å². The lowest BCUT2D eigenvalue weighted by Crippen LogP contribution is -2.41. The minimum Gasteiger partial charge on any atom is -0.490 e. The average Bonchev–Trinajstić information content (AvgIpc) is 2.82. The van der Waals surface area contributed by atoms with Crippen LogP contribution in [-0.4, -0.2) is 48.4 Å². The van der Waals surface area contributed by atoms with E-state index in [1.165, 1.54) is 6.07 Å². The van der Waals surface area contributed by atoms with E-state index in [1.807, 2.05) is 31.3 Å². The quantitative estimate of drug-likeness (QED) is 0.492. The number of amides is 1. The van der Waals surface area contributed by atoms with Crippen LogP contribution in [0.2, 0.25) is 0 Å². The molecule has 0 radical (unpaired) electrons. The summed E-state index contributed by atoms with van der Waals surface area (Å²) in [5.74, 6) is -0.272. The molecule has 0 spiro atoms. The maximum Gasteiger partial charge on any atom is 0.337 e. The SMILES string of the molecule is Cc1cc(NC(=O)c2ccc(OC[C@@H]3CN(C)c4ccccc4O3)cc2)cc(C(O)C(=O)O)c1. The number of hydrogen-bond acceptors (Lipinski definition) is 6. The topological polar surface area (TPSA) is 108 Å². The summed E-state index contributed by atoms with van der Waals surface area (Å²) < 4.78 is 11.9. The van der Waals surface area contributed by atoms with Crippen molar-refractivity contribution in [1.29, 1.82) is 0 Å². The molecular weight excluding hydrogens is 436 g/mol. The predicted octanol–water partition coefficient (Wildman–Crippen LogP) is 3.64. The summed E-state index contributed by atoms with van der Waals surface area (Å²) in [5, 5.41) is 21.6. The standard InChI is InChI=1S/C26H26N2O6/c1-16-11-18(24(29)26(31)32)13-19(12-16)27-25(30)17-7-9-20(10-8-17)33-15-21-14-28(2)22-5-3-4-6-23(22)34-21/h3-13,21,24,29H,14-15H2,1-2H3,(H,27,30)(H,31,32)/t21-,24?/m0/s1. The summed E-state index contributed by atoms with van der Waals surface area (Å²) in [4.78, 5) is 25.8. The van der Waals surface area contributed by atoms with Gasteiger partial charge in [0.15, 0.2) is 6.10 Å². The fourth-order valence-electron chi connectivity index (χ4n) is 3.86. The van der Waals surface area contributed by atoms with Crippen LogP contribution in [0, 0.1) is 6.92 Å². The molecule has 0 aliphatic carbocycles. The molecule has 1 heterocycles. The van der Waals surface area contributed by atoms with Gasteiger partial charge in [0.25, 0.3) is 5.91 Å².